The Labute approximate surface area is 106 Å². The highest BCUT2D eigenvalue weighted by molar-refractivity contribution is 9.10. The molecule has 1 heterocycles. The zero-order chi connectivity index (χ0) is 10.8. The molecule has 78 valence electrons. The van der Waals surface area contributed by atoms with E-state index in [1.807, 2.05) is 30.5 Å². The topological polar surface area (TPSA) is 17.8 Å². The van der Waals surface area contributed by atoms with Gasteiger partial charge in [0.1, 0.15) is 0 Å². The van der Waals surface area contributed by atoms with Crippen molar-refractivity contribution in [3.05, 3.63) is 45.7 Å². The Balaban J connectivity index is 2.40. The molecule has 0 bridgehead atoms. The summed E-state index contributed by atoms with van der Waals surface area (Å²) in [5, 5.41) is 4.97. The summed E-state index contributed by atoms with van der Waals surface area (Å²) in [7, 11) is 0. The van der Waals surface area contributed by atoms with Gasteiger partial charge in [-0.1, -0.05) is 11.6 Å². The summed E-state index contributed by atoms with van der Waals surface area (Å²) in [5.74, 6) is 0.418. The lowest BCUT2D eigenvalue weighted by atomic mass is 10.3. The highest BCUT2D eigenvalue weighted by Gasteiger charge is 2.02. The van der Waals surface area contributed by atoms with Crippen LogP contribution in [0.1, 0.15) is 5.69 Å². The molecule has 0 atom stereocenters. The molecule has 1 aromatic heterocycles. The first-order valence-electron chi connectivity index (χ1n) is 4.26. The maximum absolute atomic E-state index is 5.90. The van der Waals surface area contributed by atoms with Crippen molar-refractivity contribution in [1.82, 2.24) is 9.78 Å². The Kier molecular flexibility index (Phi) is 3.34. The molecule has 2 nitrogen and oxygen atoms in total. The van der Waals surface area contributed by atoms with Gasteiger partial charge in [-0.15, -0.1) is 11.6 Å². The summed E-state index contributed by atoms with van der Waals surface area (Å²) >= 11 is 14.9. The molecule has 0 amide bonds. The molecule has 0 aliphatic heterocycles. The Bertz CT molecular complexity index is 482. The van der Waals surface area contributed by atoms with Crippen molar-refractivity contribution >= 4 is 39.1 Å². The minimum atomic E-state index is 0.418. The lowest BCUT2D eigenvalue weighted by Gasteiger charge is -2.02. The number of rotatable bonds is 2. The zero-order valence-corrected chi connectivity index (χ0v) is 10.7. The van der Waals surface area contributed by atoms with Crippen LogP contribution < -0.4 is 0 Å². The maximum atomic E-state index is 5.90. The first-order valence-corrected chi connectivity index (χ1v) is 5.97. The van der Waals surface area contributed by atoms with Crippen molar-refractivity contribution in [2.24, 2.45) is 0 Å². The predicted molar refractivity (Wildman–Crippen MR) is 65.8 cm³/mol. The van der Waals surface area contributed by atoms with Crippen molar-refractivity contribution in [2.75, 3.05) is 0 Å². The molecule has 2 aromatic rings. The number of benzene rings is 1. The molecule has 15 heavy (non-hydrogen) atoms. The van der Waals surface area contributed by atoms with Gasteiger partial charge in [0, 0.05) is 10.7 Å². The van der Waals surface area contributed by atoms with Gasteiger partial charge < -0.3 is 0 Å². The van der Waals surface area contributed by atoms with Crippen LogP contribution in [0, 0.1) is 0 Å². The molecule has 0 fully saturated rings. The largest absolute Gasteiger partial charge is 0.241 e. The van der Waals surface area contributed by atoms with Crippen molar-refractivity contribution < 1.29 is 0 Å². The molecule has 0 unspecified atom stereocenters. The van der Waals surface area contributed by atoms with Crippen LogP contribution in [0.4, 0.5) is 0 Å². The van der Waals surface area contributed by atoms with Crippen molar-refractivity contribution in [3.63, 3.8) is 0 Å². The van der Waals surface area contributed by atoms with Gasteiger partial charge in [0.05, 0.1) is 22.3 Å². The van der Waals surface area contributed by atoms with Crippen molar-refractivity contribution in [3.8, 4) is 5.69 Å². The first kappa shape index (κ1) is 11.0. The average Bonchev–Trinajstić information content (AvgIpc) is 2.70. The third kappa shape index (κ3) is 2.36. The van der Waals surface area contributed by atoms with Gasteiger partial charge in [-0.3, -0.25) is 0 Å². The highest BCUT2D eigenvalue weighted by Crippen LogP contribution is 2.24. The lowest BCUT2D eigenvalue weighted by Crippen LogP contribution is -1.95. The molecule has 2 rings (SSSR count). The van der Waals surface area contributed by atoms with E-state index in [1.54, 1.807) is 4.68 Å². The molecule has 0 N–H and O–H groups in total. The van der Waals surface area contributed by atoms with E-state index in [-0.39, 0.29) is 0 Å². The van der Waals surface area contributed by atoms with E-state index < -0.39 is 0 Å². The molecule has 0 saturated heterocycles. The minimum absolute atomic E-state index is 0.418. The molecule has 0 saturated carbocycles. The maximum Gasteiger partial charge on any atom is 0.0776 e. The summed E-state index contributed by atoms with van der Waals surface area (Å²) in [4.78, 5) is 0. The first-order chi connectivity index (χ1) is 7.20. The SMILES string of the molecule is ClCc1ccn(-c2ccc(Cl)c(Br)c2)n1. The smallest absolute Gasteiger partial charge is 0.0776 e. The fourth-order valence-electron chi connectivity index (χ4n) is 1.20. The molecule has 0 aliphatic rings. The highest BCUT2D eigenvalue weighted by atomic mass is 79.9. The average molecular weight is 306 g/mol. The van der Waals surface area contributed by atoms with Crippen LogP contribution in [0.3, 0.4) is 0 Å². The number of alkyl halides is 1. The van der Waals surface area contributed by atoms with Crippen molar-refractivity contribution in [1.29, 1.82) is 0 Å². The second-order valence-corrected chi connectivity index (χ2v) is 4.51. The molecular weight excluding hydrogens is 299 g/mol. The monoisotopic (exact) mass is 304 g/mol. The van der Waals surface area contributed by atoms with Crippen molar-refractivity contribution in [2.45, 2.75) is 5.88 Å². The fraction of sp³-hybridized carbons (Fsp3) is 0.100. The summed E-state index contributed by atoms with van der Waals surface area (Å²) in [6, 6.07) is 7.52. The van der Waals surface area contributed by atoms with Gasteiger partial charge in [0.2, 0.25) is 0 Å². The van der Waals surface area contributed by atoms with Crippen LogP contribution in [0.25, 0.3) is 5.69 Å². The number of hydrogen-bond donors (Lipinski definition) is 0. The third-order valence-corrected chi connectivity index (χ3v) is 3.44. The Hall–Kier alpha value is -0.510. The Morgan fingerprint density at radius 3 is 2.73 bits per heavy atom. The number of aromatic nitrogens is 2. The summed E-state index contributed by atoms with van der Waals surface area (Å²) in [6.07, 6.45) is 1.87. The fourth-order valence-corrected chi connectivity index (χ4v) is 1.83. The van der Waals surface area contributed by atoms with E-state index in [2.05, 4.69) is 21.0 Å². The van der Waals surface area contributed by atoms with E-state index in [1.165, 1.54) is 0 Å². The van der Waals surface area contributed by atoms with Crippen LogP contribution in [0.2, 0.25) is 5.02 Å². The van der Waals surface area contributed by atoms with Gasteiger partial charge in [-0.25, -0.2) is 4.68 Å². The van der Waals surface area contributed by atoms with E-state index in [0.717, 1.165) is 15.9 Å². The molecule has 1 aromatic carbocycles. The number of halogens is 3. The second-order valence-electron chi connectivity index (χ2n) is 2.98. The number of hydrogen-bond acceptors (Lipinski definition) is 1. The molecule has 0 aliphatic carbocycles. The third-order valence-electron chi connectivity index (χ3n) is 1.95. The molecule has 0 spiro atoms. The molecule has 0 radical (unpaired) electrons. The van der Waals surface area contributed by atoms with Gasteiger partial charge in [-0.05, 0) is 40.2 Å². The van der Waals surface area contributed by atoms with Crippen LogP contribution in [-0.2, 0) is 5.88 Å². The molecular formula is C10H7BrCl2N2. The minimum Gasteiger partial charge on any atom is -0.241 e. The lowest BCUT2D eigenvalue weighted by molar-refractivity contribution is 0.858. The molecule has 5 heteroatoms. The Morgan fingerprint density at radius 2 is 2.13 bits per heavy atom. The normalized spacial score (nSPS) is 10.6. The van der Waals surface area contributed by atoms with Crippen LogP contribution in [0.15, 0.2) is 34.9 Å². The Morgan fingerprint density at radius 1 is 1.33 bits per heavy atom. The summed E-state index contributed by atoms with van der Waals surface area (Å²) < 4.78 is 2.61. The predicted octanol–water partition coefficient (Wildman–Crippen LogP) is 4.03. The second kappa shape index (κ2) is 4.56. The summed E-state index contributed by atoms with van der Waals surface area (Å²) in [6.45, 7) is 0. The summed E-state index contributed by atoms with van der Waals surface area (Å²) in [5.41, 5.74) is 1.80. The van der Waals surface area contributed by atoms with E-state index in [9.17, 15) is 0 Å². The van der Waals surface area contributed by atoms with Crippen LogP contribution in [0.5, 0.6) is 0 Å². The van der Waals surface area contributed by atoms with E-state index >= 15 is 0 Å². The number of nitrogens with zero attached hydrogens (tertiary/aromatic N) is 2. The van der Waals surface area contributed by atoms with E-state index in [4.69, 9.17) is 23.2 Å². The standard InChI is InChI=1S/C10H7BrCl2N2/c11-9-5-8(1-2-10(9)13)15-4-3-7(6-12)14-15/h1-5H,6H2. The van der Waals surface area contributed by atoms with Crippen LogP contribution >= 0.6 is 39.1 Å². The van der Waals surface area contributed by atoms with Gasteiger partial charge in [-0.2, -0.15) is 5.10 Å². The quantitative estimate of drug-likeness (QED) is 0.766. The van der Waals surface area contributed by atoms with Crippen LogP contribution in [-0.4, -0.2) is 9.78 Å². The van der Waals surface area contributed by atoms with E-state index in [0.29, 0.717) is 10.9 Å². The van der Waals surface area contributed by atoms with Gasteiger partial charge >= 0.3 is 0 Å². The zero-order valence-electron chi connectivity index (χ0n) is 7.62. The van der Waals surface area contributed by atoms with Gasteiger partial charge in [0.15, 0.2) is 0 Å². The van der Waals surface area contributed by atoms with Gasteiger partial charge in [0.25, 0.3) is 0 Å².